The summed E-state index contributed by atoms with van der Waals surface area (Å²) in [7, 11) is 1.59. The first-order chi connectivity index (χ1) is 11.2. The number of nitrogen functional groups attached to an aromatic ring is 1. The summed E-state index contributed by atoms with van der Waals surface area (Å²) in [6, 6.07) is 11.6. The van der Waals surface area contributed by atoms with Crippen LogP contribution >= 0.6 is 27.3 Å². The highest BCUT2D eigenvalue weighted by Gasteiger charge is 2.03. The Morgan fingerprint density at radius 3 is 2.87 bits per heavy atom. The first kappa shape index (κ1) is 16.0. The SMILES string of the molecule is COCOc1ccc(/C=C/c2nc3ccc(N)cc3s2)cc1Br. The Balaban J connectivity index is 1.79. The van der Waals surface area contributed by atoms with Gasteiger partial charge in [0, 0.05) is 12.8 Å². The molecule has 0 bridgehead atoms. The molecule has 1 heterocycles. The summed E-state index contributed by atoms with van der Waals surface area (Å²) in [5.74, 6) is 0.750. The molecule has 1 aromatic heterocycles. The summed E-state index contributed by atoms with van der Waals surface area (Å²) < 4.78 is 12.3. The van der Waals surface area contributed by atoms with E-state index < -0.39 is 0 Å². The Morgan fingerprint density at radius 2 is 2.09 bits per heavy atom. The molecule has 0 radical (unpaired) electrons. The third-order valence-corrected chi connectivity index (χ3v) is 4.74. The standard InChI is InChI=1S/C17H15BrN2O2S/c1-21-10-22-15-6-2-11(8-13(15)18)3-7-17-20-14-5-4-12(19)9-16(14)23-17/h2-9H,10,19H2,1H3/b7-3+. The third kappa shape index (κ3) is 3.90. The normalized spacial score (nSPS) is 11.4. The summed E-state index contributed by atoms with van der Waals surface area (Å²) in [5, 5.41) is 0.946. The molecule has 0 atom stereocenters. The zero-order valence-corrected chi connectivity index (χ0v) is 14.9. The number of hydrogen-bond donors (Lipinski definition) is 1. The van der Waals surface area contributed by atoms with Gasteiger partial charge in [0.1, 0.15) is 10.8 Å². The maximum atomic E-state index is 5.80. The first-order valence-electron chi connectivity index (χ1n) is 6.91. The van der Waals surface area contributed by atoms with Crippen molar-refractivity contribution in [2.75, 3.05) is 19.6 Å². The van der Waals surface area contributed by atoms with Crippen LogP contribution < -0.4 is 10.5 Å². The van der Waals surface area contributed by atoms with Gasteiger partial charge in [-0.1, -0.05) is 12.1 Å². The Bertz CT molecular complexity index is 861. The van der Waals surface area contributed by atoms with Gasteiger partial charge in [-0.2, -0.15) is 0 Å². The van der Waals surface area contributed by atoms with E-state index in [4.69, 9.17) is 15.2 Å². The van der Waals surface area contributed by atoms with Crippen LogP contribution in [-0.2, 0) is 4.74 Å². The second-order valence-electron chi connectivity index (χ2n) is 4.85. The van der Waals surface area contributed by atoms with E-state index in [1.165, 1.54) is 0 Å². The topological polar surface area (TPSA) is 57.4 Å². The van der Waals surface area contributed by atoms with Crippen molar-refractivity contribution in [1.82, 2.24) is 4.98 Å². The van der Waals surface area contributed by atoms with Crippen LogP contribution in [0.2, 0.25) is 0 Å². The molecular weight excluding hydrogens is 376 g/mol. The molecule has 3 rings (SSSR count). The predicted molar refractivity (Wildman–Crippen MR) is 99.6 cm³/mol. The van der Waals surface area contributed by atoms with Crippen molar-refractivity contribution in [1.29, 1.82) is 0 Å². The quantitative estimate of drug-likeness (QED) is 0.502. The number of fused-ring (bicyclic) bond motifs is 1. The highest BCUT2D eigenvalue weighted by molar-refractivity contribution is 9.10. The fourth-order valence-electron chi connectivity index (χ4n) is 2.06. The monoisotopic (exact) mass is 390 g/mol. The number of nitrogens with zero attached hydrogens (tertiary/aromatic N) is 1. The second-order valence-corrected chi connectivity index (χ2v) is 6.77. The fraction of sp³-hybridized carbons (Fsp3) is 0.118. The van der Waals surface area contributed by atoms with E-state index in [2.05, 4.69) is 20.9 Å². The Kier molecular flexibility index (Phi) is 4.95. The van der Waals surface area contributed by atoms with Gasteiger partial charge in [-0.05, 0) is 57.9 Å². The summed E-state index contributed by atoms with van der Waals surface area (Å²) in [4.78, 5) is 4.57. The van der Waals surface area contributed by atoms with Gasteiger partial charge >= 0.3 is 0 Å². The molecule has 4 nitrogen and oxygen atoms in total. The van der Waals surface area contributed by atoms with Crippen molar-refractivity contribution in [3.05, 3.63) is 51.4 Å². The zero-order valence-electron chi connectivity index (χ0n) is 12.5. The maximum absolute atomic E-state index is 5.80. The molecule has 0 unspecified atom stereocenters. The van der Waals surface area contributed by atoms with Crippen molar-refractivity contribution in [2.24, 2.45) is 0 Å². The van der Waals surface area contributed by atoms with Crippen LogP contribution in [0.25, 0.3) is 22.4 Å². The van der Waals surface area contributed by atoms with Crippen LogP contribution in [0.15, 0.2) is 40.9 Å². The largest absolute Gasteiger partial charge is 0.466 e. The molecule has 0 aliphatic heterocycles. The lowest BCUT2D eigenvalue weighted by Crippen LogP contribution is -1.99. The van der Waals surface area contributed by atoms with E-state index in [-0.39, 0.29) is 6.79 Å². The number of benzene rings is 2. The van der Waals surface area contributed by atoms with E-state index in [0.29, 0.717) is 0 Å². The van der Waals surface area contributed by atoms with Gasteiger partial charge < -0.3 is 15.2 Å². The van der Waals surface area contributed by atoms with Crippen LogP contribution in [0.1, 0.15) is 10.6 Å². The molecular formula is C17H15BrN2O2S. The zero-order chi connectivity index (χ0) is 16.2. The Labute approximate surface area is 146 Å². The van der Waals surface area contributed by atoms with Gasteiger partial charge in [-0.25, -0.2) is 4.98 Å². The minimum Gasteiger partial charge on any atom is -0.466 e. The van der Waals surface area contributed by atoms with E-state index in [1.54, 1.807) is 18.4 Å². The smallest absolute Gasteiger partial charge is 0.188 e. The number of hydrogen-bond acceptors (Lipinski definition) is 5. The third-order valence-electron chi connectivity index (χ3n) is 3.14. The van der Waals surface area contributed by atoms with Gasteiger partial charge in [-0.3, -0.25) is 0 Å². The molecule has 3 aromatic rings. The van der Waals surface area contributed by atoms with E-state index in [1.807, 2.05) is 48.6 Å². The summed E-state index contributed by atoms with van der Waals surface area (Å²) in [5.41, 5.74) is 8.58. The van der Waals surface area contributed by atoms with Crippen LogP contribution in [0, 0.1) is 0 Å². The summed E-state index contributed by atoms with van der Waals surface area (Å²) in [6.07, 6.45) is 4.02. The molecule has 118 valence electrons. The molecule has 6 heteroatoms. The minimum absolute atomic E-state index is 0.225. The minimum atomic E-state index is 0.225. The lowest BCUT2D eigenvalue weighted by molar-refractivity contribution is 0.0506. The van der Waals surface area contributed by atoms with Gasteiger partial charge in [-0.15, -0.1) is 11.3 Å². The fourth-order valence-corrected chi connectivity index (χ4v) is 3.49. The maximum Gasteiger partial charge on any atom is 0.188 e. The second kappa shape index (κ2) is 7.12. The number of halogens is 1. The molecule has 0 aliphatic carbocycles. The van der Waals surface area contributed by atoms with E-state index in [9.17, 15) is 0 Å². The van der Waals surface area contributed by atoms with Crippen molar-refractivity contribution < 1.29 is 9.47 Å². The Hall–Kier alpha value is -1.89. The van der Waals surface area contributed by atoms with Crippen LogP contribution in [0.5, 0.6) is 5.75 Å². The number of thiazole rings is 1. The number of nitrogens with two attached hydrogens (primary N) is 1. The summed E-state index contributed by atoms with van der Waals surface area (Å²) in [6.45, 7) is 0.225. The number of aromatic nitrogens is 1. The van der Waals surface area contributed by atoms with Gasteiger partial charge in [0.05, 0.1) is 14.7 Å². The number of ether oxygens (including phenoxy) is 2. The number of methoxy groups -OCH3 is 1. The molecule has 0 aliphatic rings. The molecule has 2 N–H and O–H groups in total. The van der Waals surface area contributed by atoms with Gasteiger partial charge in [0.2, 0.25) is 0 Å². The van der Waals surface area contributed by atoms with Crippen molar-refractivity contribution in [3.63, 3.8) is 0 Å². The predicted octanol–water partition coefficient (Wildman–Crippen LogP) is 4.79. The number of anilines is 1. The number of rotatable bonds is 5. The molecule has 0 amide bonds. The van der Waals surface area contributed by atoms with Crippen molar-refractivity contribution in [3.8, 4) is 5.75 Å². The summed E-state index contributed by atoms with van der Waals surface area (Å²) >= 11 is 5.12. The van der Waals surface area contributed by atoms with Crippen LogP contribution in [-0.4, -0.2) is 18.9 Å². The van der Waals surface area contributed by atoms with Crippen LogP contribution in [0.4, 0.5) is 5.69 Å². The molecule has 2 aromatic carbocycles. The van der Waals surface area contributed by atoms with E-state index in [0.717, 1.165) is 36.7 Å². The highest BCUT2D eigenvalue weighted by atomic mass is 79.9. The average Bonchev–Trinajstić information content (AvgIpc) is 2.94. The van der Waals surface area contributed by atoms with Gasteiger partial charge in [0.15, 0.2) is 6.79 Å². The molecule has 0 spiro atoms. The van der Waals surface area contributed by atoms with Crippen LogP contribution in [0.3, 0.4) is 0 Å². The molecule has 0 saturated heterocycles. The molecule has 0 saturated carbocycles. The van der Waals surface area contributed by atoms with Crippen molar-refractivity contribution >= 4 is 55.3 Å². The van der Waals surface area contributed by atoms with E-state index >= 15 is 0 Å². The average molecular weight is 391 g/mol. The van der Waals surface area contributed by atoms with Crippen molar-refractivity contribution in [2.45, 2.75) is 0 Å². The lowest BCUT2D eigenvalue weighted by atomic mass is 10.2. The lowest BCUT2D eigenvalue weighted by Gasteiger charge is -2.07. The molecule has 0 fully saturated rings. The highest BCUT2D eigenvalue weighted by Crippen LogP contribution is 2.28. The Morgan fingerprint density at radius 1 is 1.22 bits per heavy atom. The van der Waals surface area contributed by atoms with Gasteiger partial charge in [0.25, 0.3) is 0 Å². The molecule has 23 heavy (non-hydrogen) atoms. The first-order valence-corrected chi connectivity index (χ1v) is 8.52.